The van der Waals surface area contributed by atoms with E-state index in [9.17, 15) is 4.79 Å². The molecule has 3 nitrogen and oxygen atoms in total. The van der Waals surface area contributed by atoms with Crippen molar-refractivity contribution in [2.24, 2.45) is 0 Å². The molecule has 1 aromatic rings. The minimum Gasteiger partial charge on any atom is -0.507 e. The molecule has 0 saturated heterocycles. The van der Waals surface area contributed by atoms with Crippen LogP contribution in [0.15, 0.2) is 24.3 Å². The van der Waals surface area contributed by atoms with Crippen LogP contribution in [0.4, 0.5) is 0 Å². The quantitative estimate of drug-likeness (QED) is 0.613. The van der Waals surface area contributed by atoms with E-state index in [0.29, 0.717) is 0 Å². The van der Waals surface area contributed by atoms with Crippen LogP contribution in [0.1, 0.15) is 10.4 Å². The Morgan fingerprint density at radius 3 is 2.30 bits per heavy atom. The van der Waals surface area contributed by atoms with Crippen LogP contribution in [0.3, 0.4) is 0 Å². The zero-order chi connectivity index (χ0) is 7.56. The standard InChI is InChI=1S/C7H6O3/c8-6-4-2-1-3-5(6)7(9)10/h1-4,8H,(H,9,10)/i7+2. The second-order valence-electron chi connectivity index (χ2n) is 1.82. The van der Waals surface area contributed by atoms with E-state index in [4.69, 9.17) is 10.2 Å². The Kier molecular flexibility index (Phi) is 1.58. The van der Waals surface area contributed by atoms with E-state index >= 15 is 0 Å². The summed E-state index contributed by atoms with van der Waals surface area (Å²) in [5.74, 6) is -1.31. The number of phenols is 1. The molecule has 0 aliphatic heterocycles. The molecular formula is C7H6O3. The summed E-state index contributed by atoms with van der Waals surface area (Å²) in [4.78, 5) is 10.3. The minimum atomic E-state index is -1.11. The molecule has 1 rings (SSSR count). The van der Waals surface area contributed by atoms with E-state index in [2.05, 4.69) is 0 Å². The van der Waals surface area contributed by atoms with Gasteiger partial charge in [0.05, 0.1) is 0 Å². The summed E-state index contributed by atoms with van der Waals surface area (Å²) in [6, 6.07) is 5.81. The van der Waals surface area contributed by atoms with E-state index in [1.54, 1.807) is 12.1 Å². The molecule has 0 heterocycles. The summed E-state index contributed by atoms with van der Waals surface area (Å²) in [5, 5.41) is 17.3. The second kappa shape index (κ2) is 2.39. The van der Waals surface area contributed by atoms with Crippen LogP contribution in [-0.2, 0) is 0 Å². The van der Waals surface area contributed by atoms with E-state index in [-0.39, 0.29) is 11.3 Å². The fraction of sp³-hybridized carbons (Fsp3) is 0. The molecule has 10 heavy (non-hydrogen) atoms. The Hall–Kier alpha value is -1.51. The van der Waals surface area contributed by atoms with Crippen LogP contribution in [0.25, 0.3) is 0 Å². The van der Waals surface area contributed by atoms with Gasteiger partial charge in [-0.2, -0.15) is 0 Å². The monoisotopic (exact) mass is 140 g/mol. The molecule has 0 amide bonds. The van der Waals surface area contributed by atoms with Crippen molar-refractivity contribution < 1.29 is 15.0 Å². The zero-order valence-electron chi connectivity index (χ0n) is 5.11. The lowest BCUT2D eigenvalue weighted by molar-refractivity contribution is 0.0694. The summed E-state index contributed by atoms with van der Waals surface area (Å²) < 4.78 is 0. The van der Waals surface area contributed by atoms with Crippen LogP contribution >= 0.6 is 0 Å². The van der Waals surface area contributed by atoms with Crippen LogP contribution in [0.5, 0.6) is 5.75 Å². The van der Waals surface area contributed by atoms with Gasteiger partial charge in [0.2, 0.25) is 0 Å². The minimum absolute atomic E-state index is 0.0671. The largest absolute Gasteiger partial charge is 0.507 e. The van der Waals surface area contributed by atoms with E-state index < -0.39 is 5.97 Å². The average Bonchev–Trinajstić information content (AvgIpc) is 1.88. The third-order valence-electron chi connectivity index (χ3n) is 1.13. The first-order valence-electron chi connectivity index (χ1n) is 2.73. The number of rotatable bonds is 1. The van der Waals surface area contributed by atoms with Crippen LogP contribution < -0.4 is 0 Å². The molecule has 3 heteroatoms. The molecule has 52 valence electrons. The van der Waals surface area contributed by atoms with Crippen molar-refractivity contribution in [2.75, 3.05) is 0 Å². The topological polar surface area (TPSA) is 57.5 Å². The van der Waals surface area contributed by atoms with E-state index in [0.717, 1.165) is 0 Å². The van der Waals surface area contributed by atoms with Crippen LogP contribution in [-0.4, -0.2) is 16.2 Å². The number of benzene rings is 1. The Labute approximate surface area is 57.5 Å². The molecule has 0 radical (unpaired) electrons. The van der Waals surface area contributed by atoms with E-state index in [1.807, 2.05) is 0 Å². The van der Waals surface area contributed by atoms with Crippen molar-refractivity contribution in [3.63, 3.8) is 0 Å². The fourth-order valence-corrected chi connectivity index (χ4v) is 0.654. The van der Waals surface area contributed by atoms with Gasteiger partial charge in [0.15, 0.2) is 0 Å². The molecular weight excluding hydrogens is 134 g/mol. The lowest BCUT2D eigenvalue weighted by Crippen LogP contribution is -1.95. The van der Waals surface area contributed by atoms with Gasteiger partial charge in [-0.25, -0.2) is 4.79 Å². The molecule has 0 unspecified atom stereocenters. The number of aromatic hydroxyl groups is 1. The first kappa shape index (κ1) is 6.61. The molecule has 0 aliphatic rings. The highest BCUT2D eigenvalue weighted by molar-refractivity contribution is 5.90. The van der Waals surface area contributed by atoms with Gasteiger partial charge in [0.25, 0.3) is 0 Å². The maximum Gasteiger partial charge on any atom is 0.339 e. The Morgan fingerprint density at radius 1 is 1.30 bits per heavy atom. The third-order valence-corrected chi connectivity index (χ3v) is 1.13. The lowest BCUT2D eigenvalue weighted by atomic mass is 10.3. The van der Waals surface area contributed by atoms with Gasteiger partial charge in [-0.15, -0.1) is 0 Å². The van der Waals surface area contributed by atoms with Gasteiger partial charge in [-0.05, 0) is 12.1 Å². The molecule has 0 aliphatic carbocycles. The summed E-state index contributed by atoms with van der Waals surface area (Å²) in [6.45, 7) is 0. The number of aromatic carboxylic acids is 1. The molecule has 0 aromatic heterocycles. The highest BCUT2D eigenvalue weighted by Crippen LogP contribution is 2.14. The van der Waals surface area contributed by atoms with Gasteiger partial charge >= 0.3 is 5.97 Å². The SMILES string of the molecule is O=[14C](O)c1ccccc1O. The molecule has 0 saturated carbocycles. The van der Waals surface area contributed by atoms with Gasteiger partial charge in [0, 0.05) is 0 Å². The Morgan fingerprint density at radius 2 is 1.90 bits per heavy atom. The molecule has 0 bridgehead atoms. The number of hydrogen-bond donors (Lipinski definition) is 2. The predicted octanol–water partition coefficient (Wildman–Crippen LogP) is 1.09. The van der Waals surface area contributed by atoms with E-state index in [1.165, 1.54) is 12.1 Å². The maximum atomic E-state index is 10.3. The summed E-state index contributed by atoms with van der Waals surface area (Å²) in [6.07, 6.45) is 0. The second-order valence-corrected chi connectivity index (χ2v) is 1.82. The fourth-order valence-electron chi connectivity index (χ4n) is 0.654. The zero-order valence-corrected chi connectivity index (χ0v) is 5.11. The summed E-state index contributed by atoms with van der Waals surface area (Å²) in [5.41, 5.74) is -0.0671. The summed E-state index contributed by atoms with van der Waals surface area (Å²) >= 11 is 0. The first-order valence-corrected chi connectivity index (χ1v) is 2.73. The highest BCUT2D eigenvalue weighted by Gasteiger charge is 2.05. The van der Waals surface area contributed by atoms with Crippen LogP contribution in [0.2, 0.25) is 0 Å². The lowest BCUT2D eigenvalue weighted by Gasteiger charge is -1.95. The number of carbonyl (C=O) groups is 1. The van der Waals surface area contributed by atoms with Gasteiger partial charge in [-0.3, -0.25) is 0 Å². The van der Waals surface area contributed by atoms with Gasteiger partial charge < -0.3 is 10.2 Å². The molecule has 2 N–H and O–H groups in total. The first-order chi connectivity index (χ1) is 4.72. The van der Waals surface area contributed by atoms with Crippen molar-refractivity contribution in [1.29, 1.82) is 0 Å². The van der Waals surface area contributed by atoms with Gasteiger partial charge in [-0.1, -0.05) is 12.1 Å². The number of hydrogen-bond acceptors (Lipinski definition) is 2. The van der Waals surface area contributed by atoms with Crippen molar-refractivity contribution >= 4 is 5.97 Å². The normalized spacial score (nSPS) is 9.20. The summed E-state index contributed by atoms with van der Waals surface area (Å²) in [7, 11) is 0. The van der Waals surface area contributed by atoms with Crippen molar-refractivity contribution in [3.05, 3.63) is 29.8 Å². The highest BCUT2D eigenvalue weighted by atomic mass is 16.6. The Balaban J connectivity index is 3.15. The molecule has 1 aromatic carbocycles. The third kappa shape index (κ3) is 1.07. The number of para-hydroxylation sites is 1. The molecule has 0 fully saturated rings. The van der Waals surface area contributed by atoms with Crippen molar-refractivity contribution in [2.45, 2.75) is 0 Å². The van der Waals surface area contributed by atoms with Gasteiger partial charge in [0.1, 0.15) is 11.3 Å². The maximum absolute atomic E-state index is 10.3. The number of carboxylic acids is 1. The molecule has 0 spiro atoms. The smallest absolute Gasteiger partial charge is 0.339 e. The van der Waals surface area contributed by atoms with Crippen LogP contribution in [0, 0.1) is 0 Å². The Bertz CT molecular complexity index is 255. The van der Waals surface area contributed by atoms with Crippen molar-refractivity contribution in [3.8, 4) is 5.75 Å². The average molecular weight is 140 g/mol. The molecule has 0 atom stereocenters. The predicted molar refractivity (Wildman–Crippen MR) is 35.1 cm³/mol. The van der Waals surface area contributed by atoms with Crippen molar-refractivity contribution in [1.82, 2.24) is 0 Å². The number of carboxylic acid groups (broad SMARTS) is 1.